The van der Waals surface area contributed by atoms with Crippen LogP contribution in [0.1, 0.15) is 50.0 Å². The van der Waals surface area contributed by atoms with Crippen molar-refractivity contribution in [3.05, 3.63) is 91.2 Å². The zero-order valence-corrected chi connectivity index (χ0v) is 19.2. The molecule has 33 heavy (non-hydrogen) atoms. The van der Waals surface area contributed by atoms with Crippen LogP contribution in [0.5, 0.6) is 0 Å². The summed E-state index contributed by atoms with van der Waals surface area (Å²) in [5, 5.41) is 1.18. The molecule has 4 aromatic rings. The zero-order chi connectivity index (χ0) is 23.3. The zero-order valence-electron chi connectivity index (χ0n) is 17.6. The molecule has 9 heteroatoms. The second-order valence-corrected chi connectivity index (χ2v) is 8.84. The molecule has 1 atom stereocenters. The van der Waals surface area contributed by atoms with Gasteiger partial charge < -0.3 is 9.15 Å². The van der Waals surface area contributed by atoms with Gasteiger partial charge in [-0.1, -0.05) is 47.2 Å². The Morgan fingerprint density at radius 1 is 1.18 bits per heavy atom. The Kier molecular flexibility index (Phi) is 5.26. The van der Waals surface area contributed by atoms with Crippen molar-refractivity contribution in [3.8, 4) is 0 Å². The lowest BCUT2D eigenvalue weighted by atomic mass is 9.99. The van der Waals surface area contributed by atoms with Gasteiger partial charge in [-0.3, -0.25) is 14.5 Å². The Labute approximate surface area is 197 Å². The van der Waals surface area contributed by atoms with Crippen molar-refractivity contribution >= 4 is 50.9 Å². The fourth-order valence-corrected chi connectivity index (χ4v) is 5.06. The number of ether oxygens (including phenoxy) is 1. The summed E-state index contributed by atoms with van der Waals surface area (Å²) in [5.74, 6) is -1.05. The minimum Gasteiger partial charge on any atom is -0.462 e. The van der Waals surface area contributed by atoms with E-state index in [-0.39, 0.29) is 28.5 Å². The molecule has 1 amide bonds. The molecule has 2 aromatic heterocycles. The first-order valence-electron chi connectivity index (χ1n) is 10.2. The number of rotatable bonds is 4. The molecule has 1 unspecified atom stereocenters. The molecule has 3 heterocycles. The van der Waals surface area contributed by atoms with Gasteiger partial charge in [-0.05, 0) is 43.7 Å². The summed E-state index contributed by atoms with van der Waals surface area (Å²) in [6.45, 7) is 3.61. The lowest BCUT2D eigenvalue weighted by Crippen LogP contribution is -2.29. The van der Waals surface area contributed by atoms with Crippen LogP contribution in [-0.2, 0) is 4.74 Å². The molecule has 0 bridgehead atoms. The number of anilines is 1. The third-order valence-corrected chi connectivity index (χ3v) is 6.80. The molecule has 1 aliphatic heterocycles. The first kappa shape index (κ1) is 21.4. The summed E-state index contributed by atoms with van der Waals surface area (Å²) in [6, 6.07) is 12.9. The van der Waals surface area contributed by atoms with Gasteiger partial charge in [0.25, 0.3) is 5.91 Å². The Bertz CT molecular complexity index is 1470. The van der Waals surface area contributed by atoms with Crippen LogP contribution in [0, 0.1) is 6.92 Å². The molecule has 166 valence electrons. The van der Waals surface area contributed by atoms with E-state index in [9.17, 15) is 14.4 Å². The quantitative estimate of drug-likeness (QED) is 0.376. The van der Waals surface area contributed by atoms with Gasteiger partial charge in [-0.15, -0.1) is 0 Å². The molecule has 1 aliphatic rings. The second-order valence-electron chi connectivity index (χ2n) is 7.43. The number of aryl methyl sites for hydroxylation is 1. The standard InChI is InChI=1S/C24H17ClN2O5S/c1-3-31-23(30)21-12(2)26-24(33-21)27-18(13-8-10-14(25)11-9-13)17-19(28)15-6-4-5-7-16(15)32-20(17)22(27)29/h4-11,18H,3H2,1-2H3. The molecular formula is C24H17ClN2O5S. The second kappa shape index (κ2) is 8.13. The van der Waals surface area contributed by atoms with Crippen LogP contribution in [-0.4, -0.2) is 23.5 Å². The minimum atomic E-state index is -0.786. The Balaban J connectivity index is 1.74. The Morgan fingerprint density at radius 2 is 1.91 bits per heavy atom. The average Bonchev–Trinajstić information content (AvgIpc) is 3.32. The molecule has 0 aliphatic carbocycles. The molecular weight excluding hydrogens is 464 g/mol. The van der Waals surface area contributed by atoms with Crippen LogP contribution in [0.4, 0.5) is 5.13 Å². The molecule has 0 spiro atoms. The lowest BCUT2D eigenvalue weighted by Gasteiger charge is -2.22. The van der Waals surface area contributed by atoms with Gasteiger partial charge in [0.2, 0.25) is 5.76 Å². The highest BCUT2D eigenvalue weighted by atomic mass is 35.5. The highest BCUT2D eigenvalue weighted by Gasteiger charge is 2.45. The van der Waals surface area contributed by atoms with Crippen molar-refractivity contribution in [1.29, 1.82) is 0 Å². The molecule has 0 saturated heterocycles. The SMILES string of the molecule is CCOC(=O)c1sc(N2C(=O)c3oc4ccccc4c(=O)c3C2c2ccc(Cl)cc2)nc1C. The number of halogens is 1. The molecule has 0 fully saturated rings. The minimum absolute atomic E-state index is 0.0378. The van der Waals surface area contributed by atoms with Crippen LogP contribution >= 0.6 is 22.9 Å². The summed E-state index contributed by atoms with van der Waals surface area (Å²) >= 11 is 7.12. The summed E-state index contributed by atoms with van der Waals surface area (Å²) in [7, 11) is 0. The maximum Gasteiger partial charge on any atom is 0.350 e. The first-order chi connectivity index (χ1) is 15.9. The van der Waals surface area contributed by atoms with Crippen LogP contribution in [0.2, 0.25) is 5.02 Å². The highest BCUT2D eigenvalue weighted by molar-refractivity contribution is 7.17. The largest absolute Gasteiger partial charge is 0.462 e. The van der Waals surface area contributed by atoms with Gasteiger partial charge in [-0.2, -0.15) is 0 Å². The van der Waals surface area contributed by atoms with Crippen LogP contribution in [0.15, 0.2) is 57.7 Å². The predicted octanol–water partition coefficient (Wildman–Crippen LogP) is 5.14. The van der Waals surface area contributed by atoms with Crippen molar-refractivity contribution in [1.82, 2.24) is 4.98 Å². The Hall–Kier alpha value is -3.49. The van der Waals surface area contributed by atoms with Crippen molar-refractivity contribution in [2.24, 2.45) is 0 Å². The van der Waals surface area contributed by atoms with Gasteiger partial charge in [0, 0.05) is 5.02 Å². The summed E-state index contributed by atoms with van der Waals surface area (Å²) in [4.78, 5) is 45.6. The summed E-state index contributed by atoms with van der Waals surface area (Å²) < 4.78 is 11.0. The first-order valence-corrected chi connectivity index (χ1v) is 11.4. The van der Waals surface area contributed by atoms with E-state index >= 15 is 0 Å². The average molecular weight is 481 g/mol. The van der Waals surface area contributed by atoms with Gasteiger partial charge in [0.15, 0.2) is 10.6 Å². The molecule has 0 N–H and O–H groups in total. The molecule has 2 aromatic carbocycles. The number of hydrogen-bond acceptors (Lipinski definition) is 7. The number of aromatic nitrogens is 1. The van der Waals surface area contributed by atoms with Gasteiger partial charge in [0.1, 0.15) is 10.5 Å². The van der Waals surface area contributed by atoms with E-state index in [2.05, 4.69) is 4.98 Å². The number of amides is 1. The maximum atomic E-state index is 13.6. The normalized spacial score (nSPS) is 15.2. The van der Waals surface area contributed by atoms with E-state index in [0.717, 1.165) is 11.3 Å². The van der Waals surface area contributed by atoms with Crippen molar-refractivity contribution < 1.29 is 18.7 Å². The molecule has 0 radical (unpaired) electrons. The fourth-order valence-electron chi connectivity index (χ4n) is 3.95. The van der Waals surface area contributed by atoms with Crippen molar-refractivity contribution in [2.75, 3.05) is 11.5 Å². The van der Waals surface area contributed by atoms with Crippen molar-refractivity contribution in [2.45, 2.75) is 19.9 Å². The van der Waals surface area contributed by atoms with Crippen LogP contribution in [0.3, 0.4) is 0 Å². The Morgan fingerprint density at radius 3 is 2.64 bits per heavy atom. The van der Waals surface area contributed by atoms with Gasteiger partial charge in [-0.25, -0.2) is 9.78 Å². The molecule has 0 saturated carbocycles. The van der Waals surface area contributed by atoms with Gasteiger partial charge >= 0.3 is 5.97 Å². The molecule has 5 rings (SSSR count). The van der Waals surface area contributed by atoms with E-state index in [1.165, 1.54) is 4.90 Å². The number of benzene rings is 2. The number of nitrogens with zero attached hydrogens (tertiary/aromatic N) is 2. The predicted molar refractivity (Wildman–Crippen MR) is 125 cm³/mol. The monoisotopic (exact) mass is 480 g/mol. The topological polar surface area (TPSA) is 89.7 Å². The number of para-hydroxylation sites is 1. The smallest absolute Gasteiger partial charge is 0.350 e. The number of fused-ring (bicyclic) bond motifs is 2. The maximum absolute atomic E-state index is 13.6. The van der Waals surface area contributed by atoms with Crippen molar-refractivity contribution in [3.63, 3.8) is 0 Å². The molecule has 7 nitrogen and oxygen atoms in total. The number of carbonyl (C=O) groups excluding carboxylic acids is 2. The fraction of sp³-hybridized carbons (Fsp3) is 0.167. The van der Waals surface area contributed by atoms with Crippen LogP contribution in [0.25, 0.3) is 11.0 Å². The number of esters is 1. The van der Waals surface area contributed by atoms with Crippen LogP contribution < -0.4 is 10.3 Å². The summed E-state index contributed by atoms with van der Waals surface area (Å²) in [6.07, 6.45) is 0. The van der Waals surface area contributed by atoms with E-state index in [1.807, 2.05) is 0 Å². The summed E-state index contributed by atoms with van der Waals surface area (Å²) in [5.41, 5.74) is 1.37. The lowest BCUT2D eigenvalue weighted by molar-refractivity contribution is 0.0531. The number of carbonyl (C=O) groups is 2. The van der Waals surface area contributed by atoms with Gasteiger partial charge in [0.05, 0.1) is 29.3 Å². The van der Waals surface area contributed by atoms with E-state index in [4.69, 9.17) is 20.8 Å². The number of hydrogen-bond donors (Lipinski definition) is 0. The van der Waals surface area contributed by atoms with E-state index < -0.39 is 17.9 Å². The van der Waals surface area contributed by atoms with E-state index in [0.29, 0.717) is 32.1 Å². The number of thiazole rings is 1. The third-order valence-electron chi connectivity index (χ3n) is 5.42. The third kappa shape index (κ3) is 3.42. The highest BCUT2D eigenvalue weighted by Crippen LogP contribution is 2.43. The van der Waals surface area contributed by atoms with E-state index in [1.54, 1.807) is 62.4 Å².